The van der Waals surface area contributed by atoms with Crippen LogP contribution in [0.25, 0.3) is 0 Å². The number of nitrogens with two attached hydrogens (primary N) is 1. The van der Waals surface area contributed by atoms with E-state index in [1.54, 1.807) is 6.20 Å². The van der Waals surface area contributed by atoms with Crippen LogP contribution in [0, 0.1) is 0 Å². The molecule has 106 valence electrons. The van der Waals surface area contributed by atoms with Crippen molar-refractivity contribution in [2.24, 2.45) is 5.73 Å². The van der Waals surface area contributed by atoms with E-state index in [0.717, 1.165) is 37.6 Å². The number of hydrogen-bond acceptors (Lipinski definition) is 4. The number of nitrogens with zero attached hydrogens (tertiary/aromatic N) is 3. The van der Waals surface area contributed by atoms with Gasteiger partial charge >= 0.3 is 0 Å². The Kier molecular flexibility index (Phi) is 5.02. The second kappa shape index (κ2) is 6.55. The average molecular weight is 283 g/mol. The SMILES string of the molecule is CCN(CC)C1CCN(c2cc(CN)c(Cl)cn2)C1. The van der Waals surface area contributed by atoms with Gasteiger partial charge in [0, 0.05) is 31.9 Å². The van der Waals surface area contributed by atoms with Gasteiger partial charge in [0.2, 0.25) is 0 Å². The number of halogens is 1. The smallest absolute Gasteiger partial charge is 0.128 e. The van der Waals surface area contributed by atoms with Crippen molar-refractivity contribution in [1.82, 2.24) is 9.88 Å². The Hall–Kier alpha value is -0.840. The fraction of sp³-hybridized carbons (Fsp3) is 0.643. The van der Waals surface area contributed by atoms with E-state index < -0.39 is 0 Å². The summed E-state index contributed by atoms with van der Waals surface area (Å²) < 4.78 is 0. The van der Waals surface area contributed by atoms with E-state index in [1.807, 2.05) is 6.07 Å². The normalized spacial score (nSPS) is 19.4. The highest BCUT2D eigenvalue weighted by molar-refractivity contribution is 6.31. The van der Waals surface area contributed by atoms with Crippen molar-refractivity contribution in [1.29, 1.82) is 0 Å². The molecule has 1 aromatic rings. The minimum absolute atomic E-state index is 0.460. The molecule has 1 fully saturated rings. The molecule has 0 aromatic carbocycles. The lowest BCUT2D eigenvalue weighted by atomic mass is 10.2. The minimum Gasteiger partial charge on any atom is -0.355 e. The van der Waals surface area contributed by atoms with Crippen LogP contribution in [-0.2, 0) is 6.54 Å². The molecule has 0 amide bonds. The van der Waals surface area contributed by atoms with E-state index in [2.05, 4.69) is 28.6 Å². The molecule has 2 N–H and O–H groups in total. The Morgan fingerprint density at radius 3 is 2.84 bits per heavy atom. The predicted octanol–water partition coefficient (Wildman–Crippen LogP) is 2.11. The fourth-order valence-corrected chi connectivity index (χ4v) is 2.97. The zero-order chi connectivity index (χ0) is 13.8. The second-order valence-electron chi connectivity index (χ2n) is 4.95. The molecule has 0 radical (unpaired) electrons. The van der Waals surface area contributed by atoms with Crippen molar-refractivity contribution >= 4 is 17.4 Å². The van der Waals surface area contributed by atoms with Crippen LogP contribution in [0.4, 0.5) is 5.82 Å². The first-order valence-electron chi connectivity index (χ1n) is 7.03. The number of anilines is 1. The zero-order valence-corrected chi connectivity index (χ0v) is 12.5. The van der Waals surface area contributed by atoms with Crippen LogP contribution in [0.2, 0.25) is 5.02 Å². The van der Waals surface area contributed by atoms with Crippen LogP contribution in [0.3, 0.4) is 0 Å². The lowest BCUT2D eigenvalue weighted by Crippen LogP contribution is -2.37. The van der Waals surface area contributed by atoms with Gasteiger partial charge in [0.1, 0.15) is 5.82 Å². The molecule has 1 unspecified atom stereocenters. The Labute approximate surface area is 120 Å². The summed E-state index contributed by atoms with van der Waals surface area (Å²) in [5.41, 5.74) is 6.67. The summed E-state index contributed by atoms with van der Waals surface area (Å²) in [4.78, 5) is 9.28. The highest BCUT2D eigenvalue weighted by Crippen LogP contribution is 2.24. The van der Waals surface area contributed by atoms with Gasteiger partial charge in [0.05, 0.1) is 5.02 Å². The molecular formula is C14H23ClN4. The molecule has 0 saturated carbocycles. The Morgan fingerprint density at radius 2 is 2.21 bits per heavy atom. The monoisotopic (exact) mass is 282 g/mol. The molecule has 1 aliphatic heterocycles. The van der Waals surface area contributed by atoms with Crippen molar-refractivity contribution in [2.75, 3.05) is 31.1 Å². The molecule has 0 aliphatic carbocycles. The molecule has 1 aliphatic rings. The third-order valence-corrected chi connectivity index (χ3v) is 4.30. The number of pyridine rings is 1. The summed E-state index contributed by atoms with van der Waals surface area (Å²) in [6, 6.07) is 2.65. The van der Waals surface area contributed by atoms with Gasteiger partial charge < -0.3 is 10.6 Å². The van der Waals surface area contributed by atoms with Crippen molar-refractivity contribution in [3.63, 3.8) is 0 Å². The van der Waals surface area contributed by atoms with E-state index in [-0.39, 0.29) is 0 Å². The summed E-state index contributed by atoms with van der Waals surface area (Å²) >= 11 is 6.06. The fourth-order valence-electron chi connectivity index (χ4n) is 2.79. The van der Waals surface area contributed by atoms with E-state index in [1.165, 1.54) is 6.42 Å². The molecule has 2 rings (SSSR count). The van der Waals surface area contributed by atoms with Crippen LogP contribution in [0.15, 0.2) is 12.3 Å². The molecular weight excluding hydrogens is 260 g/mol. The molecule has 1 atom stereocenters. The van der Waals surface area contributed by atoms with Crippen LogP contribution in [0.5, 0.6) is 0 Å². The van der Waals surface area contributed by atoms with E-state index in [9.17, 15) is 0 Å². The van der Waals surface area contributed by atoms with Gasteiger partial charge in [-0.05, 0) is 31.1 Å². The standard InChI is InChI=1S/C14H23ClN4/c1-3-18(4-2)12-5-6-19(10-12)14-7-11(8-16)13(15)9-17-14/h7,9,12H,3-6,8,10,16H2,1-2H3. The quantitative estimate of drug-likeness (QED) is 0.898. The predicted molar refractivity (Wildman–Crippen MR) is 80.7 cm³/mol. The lowest BCUT2D eigenvalue weighted by Gasteiger charge is -2.26. The largest absolute Gasteiger partial charge is 0.355 e. The molecule has 2 heterocycles. The summed E-state index contributed by atoms with van der Waals surface area (Å²) in [6.07, 6.45) is 2.91. The number of rotatable bonds is 5. The maximum absolute atomic E-state index is 6.06. The van der Waals surface area contributed by atoms with E-state index in [0.29, 0.717) is 17.6 Å². The number of aromatic nitrogens is 1. The summed E-state index contributed by atoms with van der Waals surface area (Å²) in [5, 5.41) is 0.658. The van der Waals surface area contributed by atoms with Gasteiger partial charge in [0.25, 0.3) is 0 Å². The molecule has 19 heavy (non-hydrogen) atoms. The maximum Gasteiger partial charge on any atom is 0.128 e. The van der Waals surface area contributed by atoms with Crippen molar-refractivity contribution in [3.05, 3.63) is 22.8 Å². The van der Waals surface area contributed by atoms with Gasteiger partial charge in [-0.2, -0.15) is 0 Å². The Morgan fingerprint density at radius 1 is 1.47 bits per heavy atom. The third-order valence-electron chi connectivity index (χ3n) is 3.96. The summed E-state index contributed by atoms with van der Waals surface area (Å²) in [7, 11) is 0. The topological polar surface area (TPSA) is 45.4 Å². The third kappa shape index (κ3) is 3.19. The van der Waals surface area contributed by atoms with E-state index in [4.69, 9.17) is 17.3 Å². The maximum atomic E-state index is 6.06. The highest BCUT2D eigenvalue weighted by Gasteiger charge is 2.27. The first kappa shape index (κ1) is 14.6. The van der Waals surface area contributed by atoms with Gasteiger partial charge in [-0.15, -0.1) is 0 Å². The molecule has 1 saturated heterocycles. The number of hydrogen-bond donors (Lipinski definition) is 1. The van der Waals surface area contributed by atoms with Crippen molar-refractivity contribution < 1.29 is 0 Å². The van der Waals surface area contributed by atoms with Gasteiger partial charge in [-0.25, -0.2) is 4.98 Å². The highest BCUT2D eigenvalue weighted by atomic mass is 35.5. The van der Waals surface area contributed by atoms with Gasteiger partial charge in [0.15, 0.2) is 0 Å². The lowest BCUT2D eigenvalue weighted by molar-refractivity contribution is 0.232. The molecule has 0 bridgehead atoms. The average Bonchev–Trinajstić information content (AvgIpc) is 2.90. The molecule has 0 spiro atoms. The van der Waals surface area contributed by atoms with Gasteiger partial charge in [-0.1, -0.05) is 25.4 Å². The number of likely N-dealkylation sites (N-methyl/N-ethyl adjacent to an activating group) is 1. The molecule has 4 nitrogen and oxygen atoms in total. The molecule has 1 aromatic heterocycles. The first-order chi connectivity index (χ1) is 9.19. The van der Waals surface area contributed by atoms with Crippen LogP contribution in [-0.4, -0.2) is 42.1 Å². The van der Waals surface area contributed by atoms with Gasteiger partial charge in [-0.3, -0.25) is 4.90 Å². The Bertz CT molecular complexity index is 420. The summed E-state index contributed by atoms with van der Waals surface area (Å²) in [5.74, 6) is 1.000. The van der Waals surface area contributed by atoms with Crippen LogP contribution in [0.1, 0.15) is 25.8 Å². The Balaban J connectivity index is 2.08. The van der Waals surface area contributed by atoms with Crippen molar-refractivity contribution in [3.8, 4) is 0 Å². The second-order valence-corrected chi connectivity index (χ2v) is 5.35. The van der Waals surface area contributed by atoms with Crippen LogP contribution >= 0.6 is 11.6 Å². The minimum atomic E-state index is 0.460. The van der Waals surface area contributed by atoms with Crippen LogP contribution < -0.4 is 10.6 Å². The first-order valence-corrected chi connectivity index (χ1v) is 7.40. The summed E-state index contributed by atoms with van der Waals surface area (Å²) in [6.45, 7) is 9.22. The zero-order valence-electron chi connectivity index (χ0n) is 11.8. The van der Waals surface area contributed by atoms with E-state index >= 15 is 0 Å². The molecule has 5 heteroatoms. The van der Waals surface area contributed by atoms with Crippen molar-refractivity contribution in [2.45, 2.75) is 32.9 Å².